The largest absolute Gasteiger partial charge is 0.465 e. The van der Waals surface area contributed by atoms with Gasteiger partial charge in [0.25, 0.3) is 0 Å². The van der Waals surface area contributed by atoms with Gasteiger partial charge in [-0.3, -0.25) is 0 Å². The highest BCUT2D eigenvalue weighted by Crippen LogP contribution is 2.20. The minimum Gasteiger partial charge on any atom is -0.465 e. The van der Waals surface area contributed by atoms with Crippen molar-refractivity contribution in [1.82, 2.24) is 9.62 Å². The fourth-order valence-electron chi connectivity index (χ4n) is 3.06. The topological polar surface area (TPSA) is 75.7 Å². The highest BCUT2D eigenvalue weighted by molar-refractivity contribution is 7.88. The smallest absolute Gasteiger partial charge is 0.337 e. The van der Waals surface area contributed by atoms with Gasteiger partial charge in [-0.1, -0.05) is 19.1 Å². The number of sulfonamides is 1. The Morgan fingerprint density at radius 3 is 2.60 bits per heavy atom. The van der Waals surface area contributed by atoms with Gasteiger partial charge < -0.3 is 10.1 Å². The fourth-order valence-corrected chi connectivity index (χ4v) is 4.96. The molecule has 0 aromatic heterocycles. The summed E-state index contributed by atoms with van der Waals surface area (Å²) in [6.07, 6.45) is 2.45. The highest BCUT2D eigenvalue weighted by atomic mass is 35.5. The molecule has 0 aliphatic carbocycles. The molecule has 0 bridgehead atoms. The van der Waals surface area contributed by atoms with Crippen molar-refractivity contribution >= 4 is 28.4 Å². The van der Waals surface area contributed by atoms with Crippen LogP contribution in [0.3, 0.4) is 0 Å². The van der Waals surface area contributed by atoms with Crippen LogP contribution < -0.4 is 5.32 Å². The van der Waals surface area contributed by atoms with Crippen LogP contribution in [0.4, 0.5) is 0 Å². The molecule has 0 amide bonds. The normalized spacial score (nSPS) is 15.6. The summed E-state index contributed by atoms with van der Waals surface area (Å²) in [6.45, 7) is 4.21. The van der Waals surface area contributed by atoms with Crippen molar-refractivity contribution in [2.24, 2.45) is 0 Å². The SMILES string of the molecule is CCCN(C1CCNCC1)S(=O)(=O)Cc1cccc(C(=O)OC)c1.Cl. The van der Waals surface area contributed by atoms with Crippen LogP contribution in [0.1, 0.15) is 42.1 Å². The summed E-state index contributed by atoms with van der Waals surface area (Å²) in [5.41, 5.74) is 0.974. The van der Waals surface area contributed by atoms with Gasteiger partial charge in [0, 0.05) is 12.6 Å². The van der Waals surface area contributed by atoms with Gasteiger partial charge in [-0.25, -0.2) is 13.2 Å². The van der Waals surface area contributed by atoms with Gasteiger partial charge in [0.2, 0.25) is 10.0 Å². The maximum atomic E-state index is 12.9. The lowest BCUT2D eigenvalue weighted by atomic mass is 10.1. The van der Waals surface area contributed by atoms with E-state index in [2.05, 4.69) is 5.32 Å². The van der Waals surface area contributed by atoms with Crippen molar-refractivity contribution in [1.29, 1.82) is 0 Å². The zero-order valence-corrected chi connectivity index (χ0v) is 16.4. The number of hydrogen-bond donors (Lipinski definition) is 1. The van der Waals surface area contributed by atoms with Crippen molar-refractivity contribution in [3.05, 3.63) is 35.4 Å². The monoisotopic (exact) mass is 390 g/mol. The van der Waals surface area contributed by atoms with Gasteiger partial charge in [-0.05, 0) is 50.0 Å². The van der Waals surface area contributed by atoms with E-state index in [9.17, 15) is 13.2 Å². The molecule has 1 fully saturated rings. The number of piperidine rings is 1. The molecule has 1 heterocycles. The quantitative estimate of drug-likeness (QED) is 0.722. The molecule has 1 aromatic rings. The molecular weight excluding hydrogens is 364 g/mol. The Labute approximate surface area is 156 Å². The van der Waals surface area contributed by atoms with Crippen LogP contribution in [0.15, 0.2) is 24.3 Å². The minimum absolute atomic E-state index is 0. The van der Waals surface area contributed by atoms with Crippen LogP contribution in [0, 0.1) is 0 Å². The number of methoxy groups -OCH3 is 1. The third-order valence-electron chi connectivity index (χ3n) is 4.21. The average molecular weight is 391 g/mol. The van der Waals surface area contributed by atoms with Crippen LogP contribution in [-0.2, 0) is 20.5 Å². The second-order valence-corrected chi connectivity index (χ2v) is 7.96. The minimum atomic E-state index is -3.43. The number of hydrogen-bond acceptors (Lipinski definition) is 5. The molecule has 1 aromatic carbocycles. The Balaban J connectivity index is 0.00000312. The average Bonchev–Trinajstić information content (AvgIpc) is 2.59. The first-order valence-corrected chi connectivity index (χ1v) is 9.96. The van der Waals surface area contributed by atoms with Gasteiger partial charge in [0.1, 0.15) is 0 Å². The summed E-state index contributed by atoms with van der Waals surface area (Å²) in [5, 5.41) is 3.27. The Hall–Kier alpha value is -1.15. The zero-order chi connectivity index (χ0) is 17.6. The summed E-state index contributed by atoms with van der Waals surface area (Å²) in [4.78, 5) is 11.6. The molecule has 1 N–H and O–H groups in total. The molecule has 0 atom stereocenters. The van der Waals surface area contributed by atoms with E-state index in [1.807, 2.05) is 6.92 Å². The zero-order valence-electron chi connectivity index (χ0n) is 14.7. The number of benzene rings is 1. The molecule has 8 heteroatoms. The second-order valence-electron chi connectivity index (χ2n) is 6.04. The molecule has 1 aliphatic heterocycles. The van der Waals surface area contributed by atoms with Crippen LogP contribution in [0.5, 0.6) is 0 Å². The van der Waals surface area contributed by atoms with Crippen molar-refractivity contribution in [2.75, 3.05) is 26.7 Å². The van der Waals surface area contributed by atoms with E-state index in [4.69, 9.17) is 4.74 Å². The van der Waals surface area contributed by atoms with E-state index in [-0.39, 0.29) is 24.2 Å². The molecule has 1 saturated heterocycles. The van der Waals surface area contributed by atoms with Crippen LogP contribution in [0.25, 0.3) is 0 Å². The first kappa shape index (κ1) is 21.9. The summed E-state index contributed by atoms with van der Waals surface area (Å²) in [6, 6.07) is 6.69. The number of esters is 1. The van der Waals surface area contributed by atoms with Crippen molar-refractivity contribution in [3.63, 3.8) is 0 Å². The molecule has 0 saturated carbocycles. The van der Waals surface area contributed by atoms with Crippen molar-refractivity contribution in [2.45, 2.75) is 38.0 Å². The second kappa shape index (κ2) is 10.1. The van der Waals surface area contributed by atoms with Crippen LogP contribution in [-0.4, -0.2) is 51.5 Å². The van der Waals surface area contributed by atoms with E-state index >= 15 is 0 Å². The Morgan fingerprint density at radius 2 is 2.00 bits per heavy atom. The summed E-state index contributed by atoms with van der Waals surface area (Å²) in [5.74, 6) is -0.556. The maximum absolute atomic E-state index is 12.9. The van der Waals surface area contributed by atoms with Crippen LogP contribution in [0.2, 0.25) is 0 Å². The molecular formula is C17H27ClN2O4S. The van der Waals surface area contributed by atoms with E-state index in [0.717, 1.165) is 32.4 Å². The molecule has 142 valence electrons. The van der Waals surface area contributed by atoms with Gasteiger partial charge in [0.05, 0.1) is 18.4 Å². The fraction of sp³-hybridized carbons (Fsp3) is 0.588. The summed E-state index contributed by atoms with van der Waals surface area (Å²) >= 11 is 0. The van der Waals surface area contributed by atoms with Crippen LogP contribution >= 0.6 is 12.4 Å². The van der Waals surface area contributed by atoms with E-state index in [1.54, 1.807) is 28.6 Å². The van der Waals surface area contributed by atoms with Crippen molar-refractivity contribution in [3.8, 4) is 0 Å². The van der Waals surface area contributed by atoms with Gasteiger partial charge in [0.15, 0.2) is 0 Å². The lowest BCUT2D eigenvalue weighted by Gasteiger charge is -2.33. The predicted octanol–water partition coefficient (Wildman–Crippen LogP) is 2.19. The first-order chi connectivity index (χ1) is 11.5. The number of halogens is 1. The van der Waals surface area contributed by atoms with E-state index in [1.165, 1.54) is 7.11 Å². The number of nitrogens with one attached hydrogen (secondary N) is 1. The van der Waals surface area contributed by atoms with Crippen molar-refractivity contribution < 1.29 is 17.9 Å². The highest BCUT2D eigenvalue weighted by Gasteiger charge is 2.30. The van der Waals surface area contributed by atoms with Gasteiger partial charge >= 0.3 is 5.97 Å². The molecule has 25 heavy (non-hydrogen) atoms. The Bertz CT molecular complexity index is 660. The molecule has 0 radical (unpaired) electrons. The molecule has 0 unspecified atom stereocenters. The molecule has 0 spiro atoms. The number of carbonyl (C=O) groups excluding carboxylic acids is 1. The van der Waals surface area contributed by atoms with E-state index in [0.29, 0.717) is 17.7 Å². The van der Waals surface area contributed by atoms with Gasteiger partial charge in [-0.2, -0.15) is 4.31 Å². The number of rotatable bonds is 7. The van der Waals surface area contributed by atoms with Gasteiger partial charge in [-0.15, -0.1) is 12.4 Å². The molecule has 6 nitrogen and oxygen atoms in total. The molecule has 2 rings (SSSR count). The lowest BCUT2D eigenvalue weighted by Crippen LogP contribution is -2.46. The Morgan fingerprint density at radius 1 is 1.32 bits per heavy atom. The molecule has 1 aliphatic rings. The first-order valence-electron chi connectivity index (χ1n) is 8.35. The third-order valence-corrected chi connectivity index (χ3v) is 6.11. The number of ether oxygens (including phenoxy) is 1. The lowest BCUT2D eigenvalue weighted by molar-refractivity contribution is 0.0600. The number of carbonyl (C=O) groups is 1. The number of nitrogens with zero attached hydrogens (tertiary/aromatic N) is 1. The summed E-state index contributed by atoms with van der Waals surface area (Å²) in [7, 11) is -2.12. The predicted molar refractivity (Wildman–Crippen MR) is 101 cm³/mol. The third kappa shape index (κ3) is 5.95. The van der Waals surface area contributed by atoms with E-state index < -0.39 is 16.0 Å². The maximum Gasteiger partial charge on any atom is 0.337 e. The standard InChI is InChI=1S/C17H26N2O4S.ClH/c1-3-11-19(16-7-9-18-10-8-16)24(21,22)13-14-5-4-6-15(12-14)17(20)23-2;/h4-6,12,16,18H,3,7-11,13H2,1-2H3;1H. The summed E-state index contributed by atoms with van der Waals surface area (Å²) < 4.78 is 32.2. The Kier molecular flexibility index (Phi) is 8.85.